The van der Waals surface area contributed by atoms with Crippen LogP contribution in [0, 0.1) is 0 Å². The van der Waals surface area contributed by atoms with Crippen molar-refractivity contribution >= 4 is 54.2 Å². The van der Waals surface area contributed by atoms with Crippen LogP contribution in [-0.4, -0.2) is 93.7 Å². The largest absolute Gasteiger partial charge is 0.504 e. The normalized spacial score (nSPS) is 11.2. The lowest BCUT2D eigenvalue weighted by atomic mass is 9.97. The molecule has 6 rings (SSSR count). The van der Waals surface area contributed by atoms with E-state index in [1.165, 1.54) is 58.3 Å². The van der Waals surface area contributed by atoms with Crippen molar-refractivity contribution in [2.75, 3.05) is 40.3 Å². The Bertz CT molecular complexity index is 2980. The molecule has 4 amide bonds. The van der Waals surface area contributed by atoms with Gasteiger partial charge in [-0.1, -0.05) is 36.4 Å². The lowest BCUT2D eigenvalue weighted by Gasteiger charge is -2.13. The number of hydrazone groups is 4. The van der Waals surface area contributed by atoms with Crippen LogP contribution in [0.4, 0.5) is 5.69 Å². The Hall–Kier alpha value is -9.52. The van der Waals surface area contributed by atoms with Crippen molar-refractivity contribution in [2.45, 2.75) is 25.7 Å². The molecule has 0 fully saturated rings. The molecule has 0 heterocycles. The smallest absolute Gasteiger partial charge is 0.271 e. The highest BCUT2D eigenvalue weighted by atomic mass is 16.5. The number of rotatable bonds is 23. The lowest BCUT2D eigenvalue weighted by Crippen LogP contribution is -2.20. The van der Waals surface area contributed by atoms with Gasteiger partial charge in [-0.15, -0.1) is 0 Å². The number of carbonyl (C=O) groups is 4. The Morgan fingerprint density at radius 2 is 1.11 bits per heavy atom. The molecule has 6 aromatic rings. The summed E-state index contributed by atoms with van der Waals surface area (Å²) in [7, 11) is 5.93. The third kappa shape index (κ3) is 15.8. The summed E-state index contributed by atoms with van der Waals surface area (Å²) >= 11 is 0. The highest BCUT2D eigenvalue weighted by Crippen LogP contribution is 2.36. The SMILES string of the molecule is COc1cccc(/C=N/NC(=O)Cc2ccc(CC(=O)N/N=C/c3cc(OC)cc(-c4cc(O)c(OC)cc4/C=N/NC(=O)c4ccc(NCCCC(=O)N/N=C/c5ccc(O)c(OC)c5)cc4)c3)cc2)c1. The fourth-order valence-electron chi connectivity index (χ4n) is 6.83. The number of ether oxygens (including phenoxy) is 4. The van der Waals surface area contributed by atoms with Gasteiger partial charge in [0.1, 0.15) is 11.5 Å². The minimum absolute atomic E-state index is 0.00294. The van der Waals surface area contributed by atoms with Gasteiger partial charge < -0.3 is 34.5 Å². The number of nitrogens with zero attached hydrogens (tertiary/aromatic N) is 4. The Morgan fingerprint density at radius 3 is 1.75 bits per heavy atom. The highest BCUT2D eigenvalue weighted by Gasteiger charge is 2.14. The summed E-state index contributed by atoms with van der Waals surface area (Å²) in [5.41, 5.74) is 16.2. The molecule has 7 N–H and O–H groups in total. The maximum Gasteiger partial charge on any atom is 0.271 e. The third-order valence-electron chi connectivity index (χ3n) is 10.5. The van der Waals surface area contributed by atoms with Gasteiger partial charge in [0, 0.05) is 29.8 Å². The third-order valence-corrected chi connectivity index (χ3v) is 10.5. The van der Waals surface area contributed by atoms with E-state index in [4.69, 9.17) is 18.9 Å². The zero-order valence-electron chi connectivity index (χ0n) is 39.8. The summed E-state index contributed by atoms with van der Waals surface area (Å²) in [6.07, 6.45) is 6.73. The van der Waals surface area contributed by atoms with Crippen LogP contribution >= 0.6 is 0 Å². The van der Waals surface area contributed by atoms with Crippen LogP contribution in [0.2, 0.25) is 0 Å². The van der Waals surface area contributed by atoms with Crippen LogP contribution in [0.3, 0.4) is 0 Å². The molecule has 0 aliphatic heterocycles. The van der Waals surface area contributed by atoms with E-state index in [9.17, 15) is 29.4 Å². The fraction of sp³-hybridized carbons (Fsp3) is 0.170. The minimum atomic E-state index is -0.472. The van der Waals surface area contributed by atoms with Gasteiger partial charge in [0.25, 0.3) is 5.91 Å². The number of carbonyl (C=O) groups excluding carboxylic acids is 4. The summed E-state index contributed by atoms with van der Waals surface area (Å²) in [6.45, 7) is 0.492. The van der Waals surface area contributed by atoms with Crippen molar-refractivity contribution in [2.24, 2.45) is 20.4 Å². The molecule has 72 heavy (non-hydrogen) atoms. The second-order valence-corrected chi connectivity index (χ2v) is 15.7. The van der Waals surface area contributed by atoms with Crippen molar-refractivity contribution in [3.63, 3.8) is 0 Å². The number of phenolic OH excluding ortho intramolecular Hbond substituents is 2. The maximum atomic E-state index is 13.1. The number of methoxy groups -OCH3 is 4. The molecule has 0 radical (unpaired) electrons. The van der Waals surface area contributed by atoms with Gasteiger partial charge in [0.15, 0.2) is 23.0 Å². The van der Waals surface area contributed by atoms with E-state index in [1.54, 1.807) is 98.1 Å². The molecule has 0 aliphatic rings. The quantitative estimate of drug-likeness (QED) is 0.0213. The van der Waals surface area contributed by atoms with E-state index in [0.29, 0.717) is 69.2 Å². The summed E-state index contributed by atoms with van der Waals surface area (Å²) < 4.78 is 21.2. The number of benzene rings is 6. The van der Waals surface area contributed by atoms with Crippen molar-refractivity contribution < 1.29 is 48.3 Å². The molecule has 0 saturated carbocycles. The lowest BCUT2D eigenvalue weighted by molar-refractivity contribution is -0.121. The molecule has 0 aromatic heterocycles. The van der Waals surface area contributed by atoms with Gasteiger partial charge in [0.2, 0.25) is 17.7 Å². The van der Waals surface area contributed by atoms with Gasteiger partial charge in [-0.25, -0.2) is 21.7 Å². The Labute approximate surface area is 415 Å². The first-order valence-corrected chi connectivity index (χ1v) is 22.3. The van der Waals surface area contributed by atoms with E-state index in [0.717, 1.165) is 16.8 Å². The van der Waals surface area contributed by atoms with E-state index in [2.05, 4.69) is 47.4 Å². The number of amides is 4. The van der Waals surface area contributed by atoms with Crippen molar-refractivity contribution in [3.8, 4) is 45.6 Å². The molecule has 0 aliphatic carbocycles. The molecule has 0 saturated heterocycles. The molecule has 0 bridgehead atoms. The molecular weight excluding hydrogens is 923 g/mol. The van der Waals surface area contributed by atoms with Gasteiger partial charge >= 0.3 is 0 Å². The number of anilines is 1. The molecule has 19 nitrogen and oxygen atoms in total. The zero-order valence-corrected chi connectivity index (χ0v) is 39.8. The monoisotopic (exact) mass is 975 g/mol. The fourth-order valence-corrected chi connectivity index (χ4v) is 6.83. The average molecular weight is 976 g/mol. The van der Waals surface area contributed by atoms with Gasteiger partial charge in [-0.3, -0.25) is 19.2 Å². The summed E-state index contributed by atoms with van der Waals surface area (Å²) in [4.78, 5) is 50.6. The molecular formula is C53H53N9O10. The Kier molecular flexibility index (Phi) is 18.9. The van der Waals surface area contributed by atoms with Crippen LogP contribution in [0.25, 0.3) is 11.1 Å². The standard InChI is InChI=1S/C53H53N9O10/c1-69-43-8-5-7-36(22-43)30-56-60-51(66)25-34-10-12-35(13-11-34)26-52(67)61-57-32-38-21-40(27-44(23-38)70-2)45-29-47(64)49(72-4)28-41(45)33-58-62-53(68)39-15-17-42(18-16-39)54-20-6-9-50(65)59-55-31-37-14-19-46(63)48(24-37)71-3/h5,7-8,10-19,21-24,27-33,54,63-64H,6,9,20,25-26H2,1-4H3,(H,59,65)(H,60,66)(H,61,67)(H,62,68)/b55-31+,56-30+,57-32+,58-33+. The maximum absolute atomic E-state index is 13.1. The second-order valence-electron chi connectivity index (χ2n) is 15.7. The number of phenols is 2. The van der Waals surface area contributed by atoms with E-state index < -0.39 is 5.91 Å². The average Bonchev–Trinajstić information content (AvgIpc) is 3.39. The van der Waals surface area contributed by atoms with E-state index in [1.807, 2.05) is 18.2 Å². The second kappa shape index (κ2) is 26.3. The van der Waals surface area contributed by atoms with Gasteiger partial charge in [0.05, 0.1) is 66.1 Å². The summed E-state index contributed by atoms with van der Waals surface area (Å²) in [5.74, 6) is 0.0733. The molecule has 370 valence electrons. The Morgan fingerprint density at radius 1 is 0.528 bits per heavy atom. The van der Waals surface area contributed by atoms with Crippen LogP contribution < -0.4 is 46.0 Å². The summed E-state index contributed by atoms with van der Waals surface area (Å²) in [5, 5.41) is 40.0. The molecule has 19 heteroatoms. The first-order chi connectivity index (χ1) is 34.9. The van der Waals surface area contributed by atoms with Crippen molar-refractivity contribution in [3.05, 3.63) is 160 Å². The van der Waals surface area contributed by atoms with Crippen molar-refractivity contribution in [1.29, 1.82) is 0 Å². The number of aromatic hydroxyl groups is 2. The molecule has 0 unspecified atom stereocenters. The Balaban J connectivity index is 0.989. The molecule has 6 aromatic carbocycles. The van der Waals surface area contributed by atoms with E-state index >= 15 is 0 Å². The van der Waals surface area contributed by atoms with Gasteiger partial charge in [-0.2, -0.15) is 20.4 Å². The van der Waals surface area contributed by atoms with Crippen molar-refractivity contribution in [1.82, 2.24) is 21.7 Å². The van der Waals surface area contributed by atoms with Gasteiger partial charge in [-0.05, 0) is 130 Å². The zero-order chi connectivity index (χ0) is 51.2. The molecule has 0 atom stereocenters. The minimum Gasteiger partial charge on any atom is -0.504 e. The predicted molar refractivity (Wildman–Crippen MR) is 275 cm³/mol. The first-order valence-electron chi connectivity index (χ1n) is 22.3. The first kappa shape index (κ1) is 51.9. The van der Waals surface area contributed by atoms with Crippen LogP contribution in [0.15, 0.2) is 142 Å². The van der Waals surface area contributed by atoms with Crippen LogP contribution in [0.1, 0.15) is 56.6 Å². The predicted octanol–water partition coefficient (Wildman–Crippen LogP) is 6.29. The number of nitrogens with one attached hydrogen (secondary N) is 5. The highest BCUT2D eigenvalue weighted by molar-refractivity contribution is 5.97. The summed E-state index contributed by atoms with van der Waals surface area (Å²) in [6, 6.07) is 34.1. The van der Waals surface area contributed by atoms with Crippen LogP contribution in [-0.2, 0) is 27.2 Å². The number of hydrogen-bond donors (Lipinski definition) is 7. The molecule has 0 spiro atoms. The van der Waals surface area contributed by atoms with Crippen LogP contribution in [0.5, 0.6) is 34.5 Å². The number of hydrogen-bond acceptors (Lipinski definition) is 15. The topological polar surface area (TPSA) is 255 Å². The van der Waals surface area contributed by atoms with E-state index in [-0.39, 0.29) is 54.2 Å².